The van der Waals surface area contributed by atoms with Gasteiger partial charge in [0, 0.05) is 19.7 Å². The van der Waals surface area contributed by atoms with Crippen molar-refractivity contribution in [3.63, 3.8) is 0 Å². The number of hydrogen-bond donors (Lipinski definition) is 1. The molecule has 0 radical (unpaired) electrons. The first kappa shape index (κ1) is 17.8. The SMILES string of the molecule is COC(=O)[C@H](Cc1ccccc1)Nc1cccn(C)c1=O.Cl. The Morgan fingerprint density at radius 2 is 1.91 bits per heavy atom. The quantitative estimate of drug-likeness (QED) is 0.855. The van der Waals surface area contributed by atoms with E-state index in [0.29, 0.717) is 12.1 Å². The minimum atomic E-state index is -0.604. The lowest BCUT2D eigenvalue weighted by Crippen LogP contribution is -2.35. The zero-order valence-electron chi connectivity index (χ0n) is 12.5. The van der Waals surface area contributed by atoms with Gasteiger partial charge < -0.3 is 14.6 Å². The van der Waals surface area contributed by atoms with Gasteiger partial charge in [0.1, 0.15) is 11.7 Å². The highest BCUT2D eigenvalue weighted by Gasteiger charge is 2.20. The van der Waals surface area contributed by atoms with E-state index in [4.69, 9.17) is 4.74 Å². The number of ether oxygens (including phenoxy) is 1. The van der Waals surface area contributed by atoms with Crippen LogP contribution >= 0.6 is 12.4 Å². The topological polar surface area (TPSA) is 60.3 Å². The van der Waals surface area contributed by atoms with Gasteiger partial charge in [-0.3, -0.25) is 4.79 Å². The molecule has 1 aromatic carbocycles. The Balaban J connectivity index is 0.00000242. The van der Waals surface area contributed by atoms with E-state index >= 15 is 0 Å². The molecule has 22 heavy (non-hydrogen) atoms. The van der Waals surface area contributed by atoms with Crippen LogP contribution in [-0.4, -0.2) is 23.7 Å². The van der Waals surface area contributed by atoms with E-state index in [1.165, 1.54) is 11.7 Å². The van der Waals surface area contributed by atoms with Crippen molar-refractivity contribution in [1.82, 2.24) is 4.57 Å². The maximum absolute atomic E-state index is 12.0. The van der Waals surface area contributed by atoms with Gasteiger partial charge in [-0.25, -0.2) is 4.79 Å². The zero-order valence-corrected chi connectivity index (χ0v) is 13.3. The molecule has 0 spiro atoms. The molecule has 0 aliphatic rings. The first-order chi connectivity index (χ1) is 10.1. The Labute approximate surface area is 135 Å². The summed E-state index contributed by atoms with van der Waals surface area (Å²) in [6, 6.07) is 12.4. The Morgan fingerprint density at radius 1 is 1.23 bits per heavy atom. The van der Waals surface area contributed by atoms with E-state index in [-0.39, 0.29) is 18.0 Å². The van der Waals surface area contributed by atoms with Crippen LogP contribution in [0.15, 0.2) is 53.5 Å². The molecule has 2 rings (SSSR count). The van der Waals surface area contributed by atoms with Crippen LogP contribution in [0.5, 0.6) is 0 Å². The number of carbonyl (C=O) groups is 1. The molecule has 118 valence electrons. The number of halogens is 1. The molecule has 0 fully saturated rings. The summed E-state index contributed by atoms with van der Waals surface area (Å²) in [6.07, 6.45) is 2.11. The highest BCUT2D eigenvalue weighted by molar-refractivity contribution is 5.85. The lowest BCUT2D eigenvalue weighted by molar-refractivity contribution is -0.141. The fourth-order valence-electron chi connectivity index (χ4n) is 2.08. The van der Waals surface area contributed by atoms with Crippen LogP contribution in [0.25, 0.3) is 0 Å². The van der Waals surface area contributed by atoms with E-state index in [1.807, 2.05) is 30.3 Å². The first-order valence-electron chi connectivity index (χ1n) is 6.65. The van der Waals surface area contributed by atoms with Crippen LogP contribution in [0.3, 0.4) is 0 Å². The molecular weight excluding hydrogens is 304 g/mol. The van der Waals surface area contributed by atoms with Gasteiger partial charge in [-0.05, 0) is 17.7 Å². The number of rotatable bonds is 5. The maximum Gasteiger partial charge on any atom is 0.328 e. The third-order valence-electron chi connectivity index (χ3n) is 3.22. The number of pyridine rings is 1. The minimum Gasteiger partial charge on any atom is -0.467 e. The standard InChI is InChI=1S/C16H18N2O3.ClH/c1-18-10-6-9-13(15(18)19)17-14(16(20)21-2)11-12-7-4-3-5-8-12;/h3-10,14,17H,11H2,1-2H3;1H/t14-;/m0./s1. The average molecular weight is 323 g/mol. The van der Waals surface area contributed by atoms with Crippen LogP contribution in [0.2, 0.25) is 0 Å². The van der Waals surface area contributed by atoms with Crippen LogP contribution < -0.4 is 10.9 Å². The molecule has 1 heterocycles. The Morgan fingerprint density at radius 3 is 2.55 bits per heavy atom. The molecule has 0 saturated heterocycles. The van der Waals surface area contributed by atoms with Gasteiger partial charge in [0.2, 0.25) is 0 Å². The van der Waals surface area contributed by atoms with Crippen molar-refractivity contribution in [2.45, 2.75) is 12.5 Å². The molecule has 6 heteroatoms. The third-order valence-corrected chi connectivity index (χ3v) is 3.22. The van der Waals surface area contributed by atoms with Crippen molar-refractivity contribution in [3.8, 4) is 0 Å². The van der Waals surface area contributed by atoms with Gasteiger partial charge in [0.25, 0.3) is 5.56 Å². The predicted molar refractivity (Wildman–Crippen MR) is 88.5 cm³/mol. The molecule has 5 nitrogen and oxygen atoms in total. The minimum absolute atomic E-state index is 0. The largest absolute Gasteiger partial charge is 0.467 e. The highest BCUT2D eigenvalue weighted by Crippen LogP contribution is 2.09. The number of hydrogen-bond acceptors (Lipinski definition) is 4. The molecule has 0 unspecified atom stereocenters. The lowest BCUT2D eigenvalue weighted by Gasteiger charge is -2.17. The number of esters is 1. The molecule has 0 aliphatic heterocycles. The van der Waals surface area contributed by atoms with Crippen LogP contribution in [0.1, 0.15) is 5.56 Å². The number of nitrogens with one attached hydrogen (secondary N) is 1. The van der Waals surface area contributed by atoms with Gasteiger partial charge in [-0.15, -0.1) is 12.4 Å². The second-order valence-corrected chi connectivity index (χ2v) is 4.75. The molecule has 0 aliphatic carbocycles. The average Bonchev–Trinajstić information content (AvgIpc) is 2.51. The molecule has 0 bridgehead atoms. The fraction of sp³-hybridized carbons (Fsp3) is 0.250. The Kier molecular flexibility index (Phi) is 6.66. The van der Waals surface area contributed by atoms with Gasteiger partial charge in [-0.2, -0.15) is 0 Å². The molecular formula is C16H19ClN2O3. The second-order valence-electron chi connectivity index (χ2n) is 4.75. The zero-order chi connectivity index (χ0) is 15.2. The normalized spacial score (nSPS) is 11.2. The van der Waals surface area contributed by atoms with Gasteiger partial charge in [0.05, 0.1) is 7.11 Å². The van der Waals surface area contributed by atoms with Gasteiger partial charge >= 0.3 is 5.97 Å². The molecule has 1 N–H and O–H groups in total. The summed E-state index contributed by atoms with van der Waals surface area (Å²) in [7, 11) is 3.00. The Bertz CT molecular complexity index is 671. The number of anilines is 1. The monoisotopic (exact) mass is 322 g/mol. The van der Waals surface area contributed by atoms with E-state index in [1.54, 1.807) is 25.4 Å². The van der Waals surface area contributed by atoms with Crippen molar-refractivity contribution in [1.29, 1.82) is 0 Å². The van der Waals surface area contributed by atoms with E-state index < -0.39 is 12.0 Å². The molecule has 1 aromatic heterocycles. The number of carbonyl (C=O) groups excluding carboxylic acids is 1. The number of methoxy groups -OCH3 is 1. The second kappa shape index (κ2) is 8.24. The Hall–Kier alpha value is -2.27. The molecule has 0 saturated carbocycles. The van der Waals surface area contributed by atoms with Gasteiger partial charge in [-0.1, -0.05) is 30.3 Å². The molecule has 1 atom stereocenters. The summed E-state index contributed by atoms with van der Waals surface area (Å²) in [6.45, 7) is 0. The van der Waals surface area contributed by atoms with Crippen molar-refractivity contribution in [2.75, 3.05) is 12.4 Å². The van der Waals surface area contributed by atoms with E-state index in [2.05, 4.69) is 5.32 Å². The van der Waals surface area contributed by atoms with Crippen molar-refractivity contribution in [3.05, 3.63) is 64.6 Å². The third kappa shape index (κ3) is 4.36. The number of benzene rings is 1. The summed E-state index contributed by atoms with van der Waals surface area (Å²) in [5.74, 6) is -0.398. The highest BCUT2D eigenvalue weighted by atomic mass is 35.5. The van der Waals surface area contributed by atoms with Crippen LogP contribution in [0.4, 0.5) is 5.69 Å². The van der Waals surface area contributed by atoms with Gasteiger partial charge in [0.15, 0.2) is 0 Å². The molecule has 0 amide bonds. The van der Waals surface area contributed by atoms with Crippen molar-refractivity contribution in [2.24, 2.45) is 7.05 Å². The lowest BCUT2D eigenvalue weighted by atomic mass is 10.1. The van der Waals surface area contributed by atoms with Crippen LogP contribution in [-0.2, 0) is 23.0 Å². The first-order valence-corrected chi connectivity index (χ1v) is 6.65. The fourth-order valence-corrected chi connectivity index (χ4v) is 2.08. The molecule has 2 aromatic rings. The summed E-state index contributed by atoms with van der Waals surface area (Å²) in [5.41, 5.74) is 1.19. The number of aryl methyl sites for hydroxylation is 1. The summed E-state index contributed by atoms with van der Waals surface area (Å²) < 4.78 is 6.27. The predicted octanol–water partition coefficient (Wildman–Crippen LogP) is 2.00. The van der Waals surface area contributed by atoms with E-state index in [9.17, 15) is 9.59 Å². The summed E-state index contributed by atoms with van der Waals surface area (Å²) in [4.78, 5) is 23.9. The summed E-state index contributed by atoms with van der Waals surface area (Å²) >= 11 is 0. The smallest absolute Gasteiger partial charge is 0.328 e. The number of aromatic nitrogens is 1. The van der Waals surface area contributed by atoms with Crippen molar-refractivity contribution < 1.29 is 9.53 Å². The van der Waals surface area contributed by atoms with Crippen LogP contribution in [0, 0.1) is 0 Å². The summed E-state index contributed by atoms with van der Waals surface area (Å²) in [5, 5.41) is 2.98. The van der Waals surface area contributed by atoms with Crippen molar-refractivity contribution >= 4 is 24.1 Å². The maximum atomic E-state index is 12.0. The number of nitrogens with zero attached hydrogens (tertiary/aromatic N) is 1. The van der Waals surface area contributed by atoms with E-state index in [0.717, 1.165) is 5.56 Å².